The van der Waals surface area contributed by atoms with Gasteiger partial charge in [-0.3, -0.25) is 9.59 Å². The van der Waals surface area contributed by atoms with Gasteiger partial charge in [-0.25, -0.2) is 13.4 Å². The largest absolute Gasteiger partial charge is 0.357 e. The first-order valence-electron chi connectivity index (χ1n) is 13.1. The van der Waals surface area contributed by atoms with Gasteiger partial charge in [-0.2, -0.15) is 4.31 Å². The molecule has 13 heteroatoms. The molecule has 1 saturated heterocycles. The monoisotopic (exact) mass is 615 g/mol. The number of thiazole rings is 1. The van der Waals surface area contributed by atoms with Gasteiger partial charge < -0.3 is 15.1 Å². The second-order valence-electron chi connectivity index (χ2n) is 11.2. The van der Waals surface area contributed by atoms with E-state index in [1.54, 1.807) is 6.07 Å². The van der Waals surface area contributed by atoms with Gasteiger partial charge in [0.15, 0.2) is 5.01 Å². The SMILES string of the molecule is CNC(=O)C1CN(S(=O)(=O)c2cc3ccc(C#C[Si](C)(C)C)cc3s2)CCN1C(=O)c1nc2c(s1)CN(C)CC2. The van der Waals surface area contributed by atoms with E-state index >= 15 is 0 Å². The van der Waals surface area contributed by atoms with Gasteiger partial charge >= 0.3 is 0 Å². The molecule has 5 rings (SSSR count). The molecule has 1 unspecified atom stereocenters. The molecular formula is C27H33N5O4S3Si. The minimum Gasteiger partial charge on any atom is -0.357 e. The lowest BCUT2D eigenvalue weighted by molar-refractivity contribution is -0.126. The van der Waals surface area contributed by atoms with Gasteiger partial charge in [-0.15, -0.1) is 28.2 Å². The number of nitrogens with one attached hydrogen (secondary N) is 1. The van der Waals surface area contributed by atoms with Gasteiger partial charge in [0.05, 0.1) is 5.69 Å². The van der Waals surface area contributed by atoms with E-state index in [1.807, 2.05) is 25.2 Å². The molecule has 4 heterocycles. The minimum absolute atomic E-state index is 0.0938. The first-order chi connectivity index (χ1) is 18.9. The molecule has 2 amide bonds. The summed E-state index contributed by atoms with van der Waals surface area (Å²) in [6, 6.07) is 6.46. The molecule has 1 fully saturated rings. The molecule has 1 aromatic carbocycles. The van der Waals surface area contributed by atoms with Gasteiger partial charge in [0, 0.05) is 61.3 Å². The van der Waals surface area contributed by atoms with Crippen LogP contribution in [0.15, 0.2) is 28.5 Å². The Hall–Kier alpha value is -2.60. The van der Waals surface area contributed by atoms with E-state index in [0.717, 1.165) is 45.7 Å². The van der Waals surface area contributed by atoms with E-state index in [9.17, 15) is 18.0 Å². The number of fused-ring (bicyclic) bond motifs is 2. The Morgan fingerprint density at radius 3 is 2.62 bits per heavy atom. The fraction of sp³-hybridized carbons (Fsp3) is 0.444. The molecule has 40 heavy (non-hydrogen) atoms. The Morgan fingerprint density at radius 2 is 1.90 bits per heavy atom. The summed E-state index contributed by atoms with van der Waals surface area (Å²) in [5.41, 5.74) is 5.14. The maximum Gasteiger partial charge on any atom is 0.283 e. The summed E-state index contributed by atoms with van der Waals surface area (Å²) in [5.74, 6) is 2.49. The van der Waals surface area contributed by atoms with Gasteiger partial charge in [0.25, 0.3) is 15.9 Å². The van der Waals surface area contributed by atoms with Crippen molar-refractivity contribution in [3.63, 3.8) is 0 Å². The Labute approximate surface area is 244 Å². The van der Waals surface area contributed by atoms with Crippen LogP contribution in [-0.2, 0) is 27.8 Å². The number of amides is 2. The lowest BCUT2D eigenvalue weighted by Gasteiger charge is -2.39. The Morgan fingerprint density at radius 1 is 1.12 bits per heavy atom. The standard InChI is InChI=1S/C27H33N5O4S3Si/c1-28-25(33)21-16-31(11-12-32(21)27(34)26-29-20-8-10-30(2)17-23(20)38-26)39(35,36)24-15-19-7-6-18(14-22(19)37-24)9-13-40(3,4)5/h6-7,14-15,21H,8,10-12,16-17H2,1-5H3,(H,28,33). The average molecular weight is 616 g/mol. The number of sulfonamides is 1. The highest BCUT2D eigenvalue weighted by molar-refractivity contribution is 7.91. The van der Waals surface area contributed by atoms with Crippen molar-refractivity contribution in [3.8, 4) is 11.5 Å². The number of likely N-dealkylation sites (N-methyl/N-ethyl adjacent to an activating group) is 2. The molecule has 9 nitrogen and oxygen atoms in total. The van der Waals surface area contributed by atoms with E-state index in [0.29, 0.717) is 5.01 Å². The predicted molar refractivity (Wildman–Crippen MR) is 162 cm³/mol. The summed E-state index contributed by atoms with van der Waals surface area (Å²) in [6.07, 6.45) is 0.780. The zero-order valence-electron chi connectivity index (χ0n) is 23.3. The summed E-state index contributed by atoms with van der Waals surface area (Å²) in [6.45, 7) is 8.23. The number of benzene rings is 1. The number of nitrogens with zero attached hydrogens (tertiary/aromatic N) is 4. The van der Waals surface area contributed by atoms with Crippen molar-refractivity contribution < 1.29 is 18.0 Å². The van der Waals surface area contributed by atoms with E-state index in [4.69, 9.17) is 0 Å². The van der Waals surface area contributed by atoms with Gasteiger partial charge in [-0.1, -0.05) is 31.6 Å². The number of aromatic nitrogens is 1. The van der Waals surface area contributed by atoms with Crippen LogP contribution in [0.5, 0.6) is 0 Å². The van der Waals surface area contributed by atoms with Crippen molar-refractivity contribution in [2.24, 2.45) is 0 Å². The number of hydrogen-bond acceptors (Lipinski definition) is 8. The van der Waals surface area contributed by atoms with Crippen molar-refractivity contribution in [3.05, 3.63) is 45.4 Å². The van der Waals surface area contributed by atoms with Crippen molar-refractivity contribution in [2.75, 3.05) is 40.3 Å². The van der Waals surface area contributed by atoms with Crippen molar-refractivity contribution >= 4 is 62.7 Å². The smallest absolute Gasteiger partial charge is 0.283 e. The van der Waals surface area contributed by atoms with Crippen molar-refractivity contribution in [1.29, 1.82) is 0 Å². The van der Waals surface area contributed by atoms with Crippen LogP contribution in [-0.4, -0.2) is 93.7 Å². The molecule has 2 aliphatic rings. The molecule has 1 N–H and O–H groups in total. The van der Waals surface area contributed by atoms with Gasteiger partial charge in [0.1, 0.15) is 18.3 Å². The highest BCUT2D eigenvalue weighted by Crippen LogP contribution is 2.33. The Bertz CT molecular complexity index is 1650. The number of rotatable bonds is 4. The summed E-state index contributed by atoms with van der Waals surface area (Å²) in [4.78, 5) is 35.7. The van der Waals surface area contributed by atoms with Crippen LogP contribution < -0.4 is 5.32 Å². The number of piperazine rings is 1. The zero-order valence-corrected chi connectivity index (χ0v) is 26.7. The molecule has 2 aromatic heterocycles. The minimum atomic E-state index is -3.88. The number of thiophene rings is 1. The van der Waals surface area contributed by atoms with Crippen molar-refractivity contribution in [1.82, 2.24) is 24.4 Å². The topological polar surface area (TPSA) is 103 Å². The average Bonchev–Trinajstić information content (AvgIpc) is 3.54. The van der Waals surface area contributed by atoms with Crippen LogP contribution in [0.1, 0.15) is 25.9 Å². The molecule has 3 aromatic rings. The highest BCUT2D eigenvalue weighted by atomic mass is 32.2. The van der Waals surface area contributed by atoms with Crippen LogP contribution >= 0.6 is 22.7 Å². The van der Waals surface area contributed by atoms with Crippen LogP contribution in [0.4, 0.5) is 0 Å². The van der Waals surface area contributed by atoms with Gasteiger partial charge in [-0.05, 0) is 30.6 Å². The normalized spacial score (nSPS) is 18.7. The lowest BCUT2D eigenvalue weighted by Crippen LogP contribution is -2.61. The van der Waals surface area contributed by atoms with E-state index < -0.39 is 30.0 Å². The third-order valence-corrected chi connectivity index (χ3v) is 12.3. The van der Waals surface area contributed by atoms with E-state index in [2.05, 4.69) is 46.3 Å². The highest BCUT2D eigenvalue weighted by Gasteiger charge is 2.41. The predicted octanol–water partition coefficient (Wildman–Crippen LogP) is 2.84. The molecule has 0 spiro atoms. The summed E-state index contributed by atoms with van der Waals surface area (Å²) < 4.78 is 29.8. The molecule has 1 atom stereocenters. The van der Waals surface area contributed by atoms with Crippen LogP contribution in [0.25, 0.3) is 10.1 Å². The zero-order chi connectivity index (χ0) is 28.8. The van der Waals surface area contributed by atoms with Crippen LogP contribution in [0.2, 0.25) is 19.6 Å². The van der Waals surface area contributed by atoms with Crippen molar-refractivity contribution in [2.45, 2.75) is 42.9 Å². The second-order valence-corrected chi connectivity index (χ2v) is 20.3. The quantitative estimate of drug-likeness (QED) is 0.358. The number of hydrogen-bond donors (Lipinski definition) is 1. The third-order valence-electron chi connectivity index (χ3n) is 6.93. The molecule has 0 saturated carbocycles. The fourth-order valence-electron chi connectivity index (χ4n) is 4.75. The molecule has 0 aliphatic carbocycles. The van der Waals surface area contributed by atoms with E-state index in [1.165, 1.54) is 38.9 Å². The maximum atomic E-state index is 13.7. The molecule has 2 aliphatic heterocycles. The third kappa shape index (κ3) is 5.88. The first-order valence-corrected chi connectivity index (χ1v) is 19.7. The van der Waals surface area contributed by atoms with E-state index in [-0.39, 0.29) is 29.8 Å². The molecule has 0 radical (unpaired) electrons. The number of carbonyl (C=O) groups is 2. The summed E-state index contributed by atoms with van der Waals surface area (Å²) in [7, 11) is -1.90. The maximum absolute atomic E-state index is 13.7. The molecule has 0 bridgehead atoms. The first kappa shape index (κ1) is 28.9. The Balaban J connectivity index is 1.38. The molecular weight excluding hydrogens is 583 g/mol. The number of carbonyl (C=O) groups excluding carboxylic acids is 2. The van der Waals surface area contributed by atoms with Crippen LogP contribution in [0.3, 0.4) is 0 Å². The van der Waals surface area contributed by atoms with Crippen LogP contribution in [0, 0.1) is 11.5 Å². The fourth-order valence-corrected chi connectivity index (χ4v) is 9.44. The molecule has 212 valence electrons. The van der Waals surface area contributed by atoms with Gasteiger partial charge in [0.2, 0.25) is 5.91 Å². The lowest BCUT2D eigenvalue weighted by atomic mass is 10.1. The summed E-state index contributed by atoms with van der Waals surface area (Å²) >= 11 is 2.56. The second kappa shape index (κ2) is 11.0. The summed E-state index contributed by atoms with van der Waals surface area (Å²) in [5, 5.41) is 3.78. The Kier molecular flexibility index (Phi) is 7.95.